The molecule has 112 valence electrons. The number of hydrogen-bond donors (Lipinski definition) is 2. The molecule has 1 aromatic rings. The van der Waals surface area contributed by atoms with Crippen molar-refractivity contribution in [1.82, 2.24) is 9.62 Å². The van der Waals surface area contributed by atoms with Crippen LogP contribution in [0.5, 0.6) is 0 Å². The number of aryl methyl sites for hydroxylation is 1. The van der Waals surface area contributed by atoms with Gasteiger partial charge in [-0.2, -0.15) is 4.31 Å². The molecule has 0 saturated carbocycles. The maximum Gasteiger partial charge on any atom is 0.253 e. The van der Waals surface area contributed by atoms with Crippen molar-refractivity contribution in [2.24, 2.45) is 5.73 Å². The van der Waals surface area contributed by atoms with Gasteiger partial charge < -0.3 is 11.1 Å². The first-order valence-corrected chi connectivity index (χ1v) is 8.78. The summed E-state index contributed by atoms with van der Waals surface area (Å²) >= 11 is 1.23. The van der Waals surface area contributed by atoms with Gasteiger partial charge in [0.1, 0.15) is 10.3 Å². The second-order valence-corrected chi connectivity index (χ2v) is 8.12. The molecular formula is C12H19N3O3S2. The summed E-state index contributed by atoms with van der Waals surface area (Å²) in [5.74, 6) is -0.259. The Balaban J connectivity index is 2.20. The second-order valence-electron chi connectivity index (χ2n) is 4.72. The lowest BCUT2D eigenvalue weighted by molar-refractivity contribution is -0.124. The number of carbonyl (C=O) groups is 1. The number of nitrogens with two attached hydrogens (primary N) is 1. The number of carbonyl (C=O) groups excluding carboxylic acids is 1. The summed E-state index contributed by atoms with van der Waals surface area (Å²) in [4.78, 5) is 13.0. The Hall–Kier alpha value is -0.960. The fraction of sp³-hybridized carbons (Fsp3) is 0.583. The van der Waals surface area contributed by atoms with E-state index < -0.39 is 16.1 Å². The van der Waals surface area contributed by atoms with Crippen LogP contribution in [-0.4, -0.2) is 44.3 Å². The van der Waals surface area contributed by atoms with E-state index in [1.54, 1.807) is 12.1 Å². The molecular weight excluding hydrogens is 298 g/mol. The summed E-state index contributed by atoms with van der Waals surface area (Å²) in [7, 11) is -3.58. The molecule has 2 heterocycles. The van der Waals surface area contributed by atoms with Gasteiger partial charge in [-0.25, -0.2) is 8.42 Å². The molecule has 1 unspecified atom stereocenters. The predicted molar refractivity (Wildman–Crippen MR) is 78.0 cm³/mol. The van der Waals surface area contributed by atoms with Gasteiger partial charge in [0.05, 0.1) is 0 Å². The van der Waals surface area contributed by atoms with E-state index in [0.29, 0.717) is 36.7 Å². The van der Waals surface area contributed by atoms with Gasteiger partial charge in [0.25, 0.3) is 10.0 Å². The normalized spacial score (nSPS) is 20.2. The number of sulfonamides is 1. The van der Waals surface area contributed by atoms with Crippen LogP contribution in [0.2, 0.25) is 0 Å². The van der Waals surface area contributed by atoms with Crippen LogP contribution in [0.25, 0.3) is 0 Å². The molecule has 1 aromatic heterocycles. The average molecular weight is 317 g/mol. The summed E-state index contributed by atoms with van der Waals surface area (Å²) in [6.07, 6.45) is 1.25. The van der Waals surface area contributed by atoms with Gasteiger partial charge in [-0.15, -0.1) is 11.3 Å². The fourth-order valence-electron chi connectivity index (χ4n) is 2.27. The molecule has 1 atom stereocenters. The number of hydrogen-bond acceptors (Lipinski definition) is 5. The highest BCUT2D eigenvalue weighted by Gasteiger charge is 2.39. The molecule has 1 saturated heterocycles. The number of amides is 1. The van der Waals surface area contributed by atoms with Crippen LogP contribution in [-0.2, 0) is 14.8 Å². The highest BCUT2D eigenvalue weighted by Crippen LogP contribution is 2.30. The molecule has 1 fully saturated rings. The topological polar surface area (TPSA) is 92.5 Å². The third-order valence-corrected chi connectivity index (χ3v) is 6.60. The second kappa shape index (κ2) is 6.21. The summed E-state index contributed by atoms with van der Waals surface area (Å²) < 4.78 is 26.7. The lowest BCUT2D eigenvalue weighted by Gasteiger charge is -2.22. The van der Waals surface area contributed by atoms with E-state index in [2.05, 4.69) is 5.32 Å². The van der Waals surface area contributed by atoms with E-state index in [4.69, 9.17) is 5.73 Å². The number of rotatable bonds is 5. The Kier molecular flexibility index (Phi) is 4.79. The third-order valence-electron chi connectivity index (χ3n) is 3.23. The minimum absolute atomic E-state index is 0.259. The summed E-state index contributed by atoms with van der Waals surface area (Å²) in [6, 6.07) is 2.76. The number of nitrogens with zero attached hydrogens (tertiary/aromatic N) is 1. The van der Waals surface area contributed by atoms with Crippen molar-refractivity contribution in [1.29, 1.82) is 0 Å². The van der Waals surface area contributed by atoms with Crippen molar-refractivity contribution in [3.8, 4) is 0 Å². The molecule has 1 aliphatic heterocycles. The molecule has 0 spiro atoms. The molecule has 0 bridgehead atoms. The van der Waals surface area contributed by atoms with Crippen molar-refractivity contribution in [3.63, 3.8) is 0 Å². The summed E-state index contributed by atoms with van der Waals surface area (Å²) in [6.45, 7) is 2.95. The van der Waals surface area contributed by atoms with Gasteiger partial charge >= 0.3 is 0 Å². The predicted octanol–water partition coefficient (Wildman–Crippen LogP) is 0.285. The third kappa shape index (κ3) is 3.03. The molecule has 0 aromatic carbocycles. The molecule has 0 radical (unpaired) electrons. The molecule has 6 nitrogen and oxygen atoms in total. The Morgan fingerprint density at radius 2 is 2.30 bits per heavy atom. The summed E-state index contributed by atoms with van der Waals surface area (Å²) in [5, 5.41) is 2.67. The van der Waals surface area contributed by atoms with E-state index in [1.165, 1.54) is 15.6 Å². The largest absolute Gasteiger partial charge is 0.353 e. The van der Waals surface area contributed by atoms with Crippen LogP contribution in [0.3, 0.4) is 0 Å². The van der Waals surface area contributed by atoms with Crippen molar-refractivity contribution in [2.75, 3.05) is 19.6 Å². The quantitative estimate of drug-likeness (QED) is 0.816. The lowest BCUT2D eigenvalue weighted by atomic mass is 10.2. The van der Waals surface area contributed by atoms with Crippen molar-refractivity contribution in [3.05, 3.63) is 17.0 Å². The first-order valence-electron chi connectivity index (χ1n) is 6.53. The minimum atomic E-state index is -3.58. The Labute approximate surface area is 123 Å². The smallest absolute Gasteiger partial charge is 0.253 e. The molecule has 20 heavy (non-hydrogen) atoms. The molecule has 1 aliphatic rings. The van der Waals surface area contributed by atoms with Gasteiger partial charge in [0, 0.05) is 24.5 Å². The molecule has 1 amide bonds. The Morgan fingerprint density at radius 3 is 2.90 bits per heavy atom. The number of thiophene rings is 1. The maximum absolute atomic E-state index is 12.6. The van der Waals surface area contributed by atoms with Crippen molar-refractivity contribution < 1.29 is 13.2 Å². The van der Waals surface area contributed by atoms with Crippen molar-refractivity contribution >= 4 is 27.3 Å². The zero-order valence-electron chi connectivity index (χ0n) is 11.3. The fourth-order valence-corrected chi connectivity index (χ4v) is 5.34. The van der Waals surface area contributed by atoms with E-state index in [0.717, 1.165) is 4.88 Å². The van der Waals surface area contributed by atoms with Crippen LogP contribution >= 0.6 is 11.3 Å². The number of nitrogens with one attached hydrogen (secondary N) is 1. The molecule has 2 rings (SSSR count). The molecule has 8 heteroatoms. The lowest BCUT2D eigenvalue weighted by Crippen LogP contribution is -2.46. The summed E-state index contributed by atoms with van der Waals surface area (Å²) in [5.41, 5.74) is 5.34. The zero-order chi connectivity index (χ0) is 14.8. The van der Waals surface area contributed by atoms with Crippen LogP contribution in [0.15, 0.2) is 16.3 Å². The SMILES string of the molecule is Cc1ccc(S(=O)(=O)N2CCCC2C(=O)NCCN)s1. The van der Waals surface area contributed by atoms with Gasteiger partial charge in [-0.1, -0.05) is 0 Å². The average Bonchev–Trinajstić information content (AvgIpc) is 3.04. The Morgan fingerprint density at radius 1 is 1.55 bits per heavy atom. The Bertz CT molecular complexity index is 583. The first kappa shape index (κ1) is 15.4. The van der Waals surface area contributed by atoms with E-state index in [9.17, 15) is 13.2 Å². The molecule has 0 aliphatic carbocycles. The minimum Gasteiger partial charge on any atom is -0.353 e. The van der Waals surface area contributed by atoms with Gasteiger partial charge in [-0.05, 0) is 31.9 Å². The van der Waals surface area contributed by atoms with Crippen molar-refractivity contribution in [2.45, 2.75) is 30.0 Å². The van der Waals surface area contributed by atoms with Gasteiger partial charge in [0.15, 0.2) is 0 Å². The van der Waals surface area contributed by atoms with Crippen LogP contribution in [0.4, 0.5) is 0 Å². The van der Waals surface area contributed by atoms with E-state index >= 15 is 0 Å². The zero-order valence-corrected chi connectivity index (χ0v) is 13.0. The maximum atomic E-state index is 12.6. The van der Waals surface area contributed by atoms with Crippen LogP contribution in [0.1, 0.15) is 17.7 Å². The van der Waals surface area contributed by atoms with E-state index in [-0.39, 0.29) is 5.91 Å². The highest BCUT2D eigenvalue weighted by molar-refractivity contribution is 7.91. The van der Waals surface area contributed by atoms with Crippen LogP contribution in [0, 0.1) is 6.92 Å². The van der Waals surface area contributed by atoms with Gasteiger partial charge in [0.2, 0.25) is 5.91 Å². The first-order chi connectivity index (χ1) is 9.46. The van der Waals surface area contributed by atoms with Crippen LogP contribution < -0.4 is 11.1 Å². The standard InChI is InChI=1S/C12H19N3O3S2/c1-9-4-5-11(19-9)20(17,18)15-8-2-3-10(15)12(16)14-7-6-13/h4-5,10H,2-3,6-8,13H2,1H3,(H,14,16). The highest BCUT2D eigenvalue weighted by atomic mass is 32.2. The monoisotopic (exact) mass is 317 g/mol. The van der Waals surface area contributed by atoms with E-state index in [1.807, 2.05) is 6.92 Å². The molecule has 3 N–H and O–H groups in total. The van der Waals surface area contributed by atoms with Gasteiger partial charge in [-0.3, -0.25) is 4.79 Å².